The number of hydrogen-bond donors (Lipinski definition) is 3. The number of imidazole rings is 1. The van der Waals surface area contributed by atoms with Crippen LogP contribution in [-0.2, 0) is 0 Å². The highest BCUT2D eigenvalue weighted by Gasteiger charge is 2.33. The second-order valence-electron chi connectivity index (χ2n) is 6.27. The van der Waals surface area contributed by atoms with E-state index in [0.717, 1.165) is 12.1 Å². The predicted molar refractivity (Wildman–Crippen MR) is 100 cm³/mol. The number of nitrogens with zero attached hydrogens (tertiary/aromatic N) is 2. The molecule has 0 fully saturated rings. The number of alkyl halides is 3. The number of methoxy groups -OCH3 is 1. The van der Waals surface area contributed by atoms with Gasteiger partial charge in [-0.15, -0.1) is 13.2 Å². The topological polar surface area (TPSA) is 94.5 Å². The first-order chi connectivity index (χ1) is 13.7. The Labute approximate surface area is 162 Å². The van der Waals surface area contributed by atoms with E-state index in [1.807, 2.05) is 0 Å². The number of anilines is 1. The van der Waals surface area contributed by atoms with E-state index in [0.29, 0.717) is 16.8 Å². The van der Waals surface area contributed by atoms with E-state index in [1.54, 1.807) is 18.2 Å². The zero-order valence-corrected chi connectivity index (χ0v) is 15.0. The van der Waals surface area contributed by atoms with Crippen LogP contribution < -0.4 is 14.4 Å². The smallest absolute Gasteiger partial charge is 0.509 e. The number of hydrogen-bond acceptors (Lipinski definition) is 5. The van der Waals surface area contributed by atoms with Crippen LogP contribution in [0.1, 0.15) is 5.82 Å². The molecule has 150 valence electrons. The molecule has 1 aromatic heterocycles. The third-order valence-corrected chi connectivity index (χ3v) is 4.39. The van der Waals surface area contributed by atoms with Crippen LogP contribution in [-0.4, -0.2) is 40.9 Å². The fraction of sp³-hybridized carbons (Fsp3) is 0.158. The van der Waals surface area contributed by atoms with Crippen LogP contribution in [0.15, 0.2) is 48.2 Å². The Morgan fingerprint density at radius 3 is 2.69 bits per heavy atom. The minimum Gasteiger partial charge on any atom is -0.509 e. The third kappa shape index (κ3) is 3.56. The SMILES string of the molecule is COc1ccc2nc(C3=C(O)CN(c4cccc(OC(F)(F)F)c4)C3=N)[nH]c2c1. The number of amidine groups is 1. The van der Waals surface area contributed by atoms with Crippen molar-refractivity contribution in [1.82, 2.24) is 9.97 Å². The molecule has 29 heavy (non-hydrogen) atoms. The number of aromatic amines is 1. The summed E-state index contributed by atoms with van der Waals surface area (Å²) in [5, 5.41) is 18.9. The van der Waals surface area contributed by atoms with Crippen LogP contribution in [0.5, 0.6) is 11.5 Å². The zero-order chi connectivity index (χ0) is 20.8. The van der Waals surface area contributed by atoms with Crippen LogP contribution in [0.3, 0.4) is 0 Å². The number of nitrogens with one attached hydrogen (secondary N) is 2. The number of halogens is 3. The lowest BCUT2D eigenvalue weighted by atomic mass is 10.2. The van der Waals surface area contributed by atoms with Crippen LogP contribution in [0.2, 0.25) is 0 Å². The Bertz CT molecular complexity index is 1140. The molecule has 0 amide bonds. The summed E-state index contributed by atoms with van der Waals surface area (Å²) in [7, 11) is 1.54. The van der Waals surface area contributed by atoms with Crippen molar-refractivity contribution >= 4 is 28.1 Å². The highest BCUT2D eigenvalue weighted by atomic mass is 19.4. The summed E-state index contributed by atoms with van der Waals surface area (Å²) >= 11 is 0. The summed E-state index contributed by atoms with van der Waals surface area (Å²) in [6.07, 6.45) is -4.82. The standard InChI is InChI=1S/C19H15F3N4O3/c1-28-11-5-6-13-14(8-11)25-18(24-13)16-15(27)9-26(17(16)23)10-3-2-4-12(7-10)29-19(20,21)22/h2-8,23,27H,9H2,1H3,(H,24,25). The van der Waals surface area contributed by atoms with Crippen molar-refractivity contribution in [2.24, 2.45) is 0 Å². The number of H-pyrrole nitrogens is 1. The number of rotatable bonds is 4. The molecular formula is C19H15F3N4O3. The number of ether oxygens (including phenoxy) is 2. The summed E-state index contributed by atoms with van der Waals surface area (Å²) in [5.74, 6) is 0.267. The maximum Gasteiger partial charge on any atom is 0.573 e. The molecular weight excluding hydrogens is 389 g/mol. The molecule has 4 rings (SSSR count). The van der Waals surface area contributed by atoms with Crippen LogP contribution in [0, 0.1) is 5.41 Å². The quantitative estimate of drug-likeness (QED) is 0.605. The molecule has 7 nitrogen and oxygen atoms in total. The maximum absolute atomic E-state index is 12.5. The molecule has 10 heteroatoms. The molecule has 1 aliphatic rings. The predicted octanol–water partition coefficient (Wildman–Crippen LogP) is 4.24. The molecule has 0 bridgehead atoms. The van der Waals surface area contributed by atoms with Gasteiger partial charge in [0.25, 0.3) is 0 Å². The van der Waals surface area contributed by atoms with Gasteiger partial charge in [0, 0.05) is 17.8 Å². The molecule has 0 saturated heterocycles. The zero-order valence-electron chi connectivity index (χ0n) is 15.0. The van der Waals surface area contributed by atoms with Gasteiger partial charge in [-0.2, -0.15) is 0 Å². The minimum absolute atomic E-state index is 0.0794. The number of fused-ring (bicyclic) bond motifs is 1. The van der Waals surface area contributed by atoms with E-state index in [1.165, 1.54) is 24.1 Å². The third-order valence-electron chi connectivity index (χ3n) is 4.39. The fourth-order valence-corrected chi connectivity index (χ4v) is 3.13. The Morgan fingerprint density at radius 1 is 1.17 bits per heavy atom. The highest BCUT2D eigenvalue weighted by Crippen LogP contribution is 2.33. The summed E-state index contributed by atoms with van der Waals surface area (Å²) < 4.78 is 46.5. The van der Waals surface area contributed by atoms with Gasteiger partial charge in [-0.1, -0.05) is 6.07 Å². The Morgan fingerprint density at radius 2 is 1.97 bits per heavy atom. The first-order valence-electron chi connectivity index (χ1n) is 8.43. The van der Waals surface area contributed by atoms with E-state index in [-0.39, 0.29) is 35.2 Å². The first kappa shape index (κ1) is 18.7. The molecule has 0 saturated carbocycles. The maximum atomic E-state index is 12.5. The van der Waals surface area contributed by atoms with Gasteiger partial charge in [0.05, 0.1) is 30.3 Å². The molecule has 3 N–H and O–H groups in total. The Kier molecular flexibility index (Phi) is 4.33. The largest absolute Gasteiger partial charge is 0.573 e. The van der Waals surface area contributed by atoms with Crippen LogP contribution in [0.25, 0.3) is 16.6 Å². The molecule has 0 radical (unpaired) electrons. The normalized spacial score (nSPS) is 14.8. The first-order valence-corrected chi connectivity index (χ1v) is 8.43. The Balaban J connectivity index is 1.64. The number of benzene rings is 2. The summed E-state index contributed by atoms with van der Waals surface area (Å²) in [6.45, 7) is -0.0794. The van der Waals surface area contributed by atoms with Crippen molar-refractivity contribution in [3.05, 3.63) is 54.0 Å². The molecule has 3 aromatic rings. The van der Waals surface area contributed by atoms with Gasteiger partial charge < -0.3 is 24.5 Å². The monoisotopic (exact) mass is 404 g/mol. The molecule has 2 aromatic carbocycles. The summed E-state index contributed by atoms with van der Waals surface area (Å²) in [5.41, 5.74) is 1.72. The van der Waals surface area contributed by atoms with Crippen molar-refractivity contribution < 1.29 is 27.8 Å². The molecule has 0 aliphatic carbocycles. The van der Waals surface area contributed by atoms with E-state index >= 15 is 0 Å². The van der Waals surface area contributed by atoms with Gasteiger partial charge in [0.2, 0.25) is 0 Å². The highest BCUT2D eigenvalue weighted by molar-refractivity contribution is 6.30. The van der Waals surface area contributed by atoms with Crippen molar-refractivity contribution in [2.75, 3.05) is 18.6 Å². The van der Waals surface area contributed by atoms with Gasteiger partial charge in [0.15, 0.2) is 0 Å². The van der Waals surface area contributed by atoms with Crippen molar-refractivity contribution in [2.45, 2.75) is 6.36 Å². The van der Waals surface area contributed by atoms with E-state index in [9.17, 15) is 18.3 Å². The second kappa shape index (κ2) is 6.73. The van der Waals surface area contributed by atoms with E-state index in [2.05, 4.69) is 14.7 Å². The Hall–Kier alpha value is -3.69. The van der Waals surface area contributed by atoms with Gasteiger partial charge in [0.1, 0.15) is 28.9 Å². The van der Waals surface area contributed by atoms with Gasteiger partial charge in [-0.05, 0) is 24.3 Å². The molecule has 0 spiro atoms. The number of aromatic nitrogens is 2. The molecule has 2 heterocycles. The van der Waals surface area contributed by atoms with Gasteiger partial charge in [-0.3, -0.25) is 5.41 Å². The van der Waals surface area contributed by atoms with Crippen LogP contribution in [0.4, 0.5) is 18.9 Å². The average molecular weight is 404 g/mol. The molecule has 0 atom stereocenters. The van der Waals surface area contributed by atoms with Crippen molar-refractivity contribution in [3.8, 4) is 11.5 Å². The fourth-order valence-electron chi connectivity index (χ4n) is 3.13. The van der Waals surface area contributed by atoms with Crippen molar-refractivity contribution in [1.29, 1.82) is 5.41 Å². The molecule has 1 aliphatic heterocycles. The van der Waals surface area contributed by atoms with E-state index in [4.69, 9.17) is 10.1 Å². The number of aliphatic hydroxyl groups excluding tert-OH is 1. The summed E-state index contributed by atoms with van der Waals surface area (Å²) in [4.78, 5) is 8.80. The van der Waals surface area contributed by atoms with Crippen LogP contribution >= 0.6 is 0 Å². The van der Waals surface area contributed by atoms with Crippen molar-refractivity contribution in [3.63, 3.8) is 0 Å². The van der Waals surface area contributed by atoms with E-state index < -0.39 is 12.1 Å². The average Bonchev–Trinajstić information content (AvgIpc) is 3.19. The summed E-state index contributed by atoms with van der Waals surface area (Å²) in [6, 6.07) is 10.4. The lowest BCUT2D eigenvalue weighted by Crippen LogP contribution is -2.26. The molecule has 0 unspecified atom stereocenters. The lowest BCUT2D eigenvalue weighted by molar-refractivity contribution is -0.274. The lowest BCUT2D eigenvalue weighted by Gasteiger charge is -2.19. The van der Waals surface area contributed by atoms with Gasteiger partial charge >= 0.3 is 6.36 Å². The van der Waals surface area contributed by atoms with Gasteiger partial charge in [-0.25, -0.2) is 4.98 Å². The minimum atomic E-state index is -4.82. The second-order valence-corrected chi connectivity index (χ2v) is 6.27. The number of aliphatic hydroxyl groups is 1.